The molecule has 1 heterocycles. The van der Waals surface area contributed by atoms with Gasteiger partial charge in [0.25, 0.3) is 0 Å². The molecule has 2 heteroatoms. The molecule has 2 aromatic rings. The second-order valence-electron chi connectivity index (χ2n) is 6.12. The van der Waals surface area contributed by atoms with Gasteiger partial charge in [-0.3, -0.25) is 0 Å². The van der Waals surface area contributed by atoms with Crippen molar-refractivity contribution in [2.45, 2.75) is 32.1 Å². The normalized spacial score (nSPS) is 22.2. The molecule has 0 aliphatic carbocycles. The molecular weight excluding hydrogens is 261 g/mol. The van der Waals surface area contributed by atoms with Crippen LogP contribution in [0.3, 0.4) is 0 Å². The molecule has 1 aliphatic heterocycles. The summed E-state index contributed by atoms with van der Waals surface area (Å²) in [6, 6.07) is 13.8. The van der Waals surface area contributed by atoms with Crippen LogP contribution in [0.15, 0.2) is 42.5 Å². The number of aryl methyl sites for hydroxylation is 2. The number of hydrogen-bond donors (Lipinski definition) is 1. The highest BCUT2D eigenvalue weighted by Gasteiger charge is 2.28. The first-order valence-corrected chi connectivity index (χ1v) is 7.68. The minimum absolute atomic E-state index is 0.161. The first-order valence-electron chi connectivity index (χ1n) is 7.68. The second-order valence-corrected chi connectivity index (χ2v) is 6.12. The zero-order chi connectivity index (χ0) is 14.8. The van der Waals surface area contributed by atoms with Gasteiger partial charge in [-0.1, -0.05) is 35.9 Å². The number of piperidine rings is 1. The van der Waals surface area contributed by atoms with Gasteiger partial charge in [0.1, 0.15) is 5.82 Å². The van der Waals surface area contributed by atoms with Gasteiger partial charge in [0.15, 0.2) is 0 Å². The van der Waals surface area contributed by atoms with E-state index in [1.165, 1.54) is 22.3 Å². The fourth-order valence-electron chi connectivity index (χ4n) is 3.53. The molecule has 110 valence electrons. The Bertz CT molecular complexity index is 618. The molecule has 1 aliphatic rings. The Balaban J connectivity index is 1.96. The Morgan fingerprint density at radius 2 is 1.76 bits per heavy atom. The van der Waals surface area contributed by atoms with Crippen molar-refractivity contribution in [2.24, 2.45) is 0 Å². The third-order valence-electron chi connectivity index (χ3n) is 4.61. The van der Waals surface area contributed by atoms with Crippen LogP contribution in [0.4, 0.5) is 4.39 Å². The molecule has 0 amide bonds. The van der Waals surface area contributed by atoms with E-state index in [4.69, 9.17) is 0 Å². The van der Waals surface area contributed by atoms with E-state index < -0.39 is 0 Å². The molecule has 2 atom stereocenters. The van der Waals surface area contributed by atoms with Gasteiger partial charge in [-0.15, -0.1) is 0 Å². The maximum absolute atomic E-state index is 13.2. The highest BCUT2D eigenvalue weighted by molar-refractivity contribution is 5.37. The number of hydrogen-bond acceptors (Lipinski definition) is 1. The van der Waals surface area contributed by atoms with E-state index in [0.717, 1.165) is 19.5 Å². The third-order valence-corrected chi connectivity index (χ3v) is 4.61. The molecular formula is C19H22FN. The van der Waals surface area contributed by atoms with Gasteiger partial charge in [0.05, 0.1) is 0 Å². The van der Waals surface area contributed by atoms with E-state index in [-0.39, 0.29) is 5.82 Å². The van der Waals surface area contributed by atoms with E-state index in [2.05, 4.69) is 37.4 Å². The van der Waals surface area contributed by atoms with Gasteiger partial charge in [-0.2, -0.15) is 0 Å². The van der Waals surface area contributed by atoms with Crippen molar-refractivity contribution in [2.75, 3.05) is 13.1 Å². The van der Waals surface area contributed by atoms with E-state index in [0.29, 0.717) is 11.8 Å². The van der Waals surface area contributed by atoms with Gasteiger partial charge >= 0.3 is 0 Å². The van der Waals surface area contributed by atoms with Gasteiger partial charge in [0.2, 0.25) is 0 Å². The molecule has 1 nitrogen and oxygen atoms in total. The molecule has 0 spiro atoms. The second kappa shape index (κ2) is 5.98. The van der Waals surface area contributed by atoms with Crippen LogP contribution in [0.5, 0.6) is 0 Å². The molecule has 0 radical (unpaired) electrons. The molecule has 1 N–H and O–H groups in total. The van der Waals surface area contributed by atoms with Gasteiger partial charge in [-0.05, 0) is 61.6 Å². The fraction of sp³-hybridized carbons (Fsp3) is 0.368. The van der Waals surface area contributed by atoms with Crippen LogP contribution in [-0.2, 0) is 0 Å². The fourth-order valence-corrected chi connectivity index (χ4v) is 3.53. The average molecular weight is 283 g/mol. The highest BCUT2D eigenvalue weighted by Crippen LogP contribution is 2.38. The van der Waals surface area contributed by atoms with Crippen molar-refractivity contribution < 1.29 is 4.39 Å². The predicted molar refractivity (Wildman–Crippen MR) is 85.3 cm³/mol. The molecule has 0 aromatic heterocycles. The topological polar surface area (TPSA) is 12.0 Å². The molecule has 0 saturated carbocycles. The summed E-state index contributed by atoms with van der Waals surface area (Å²) in [6.07, 6.45) is 1.13. The van der Waals surface area contributed by atoms with Crippen LogP contribution in [0.1, 0.15) is 40.5 Å². The lowest BCUT2D eigenvalue weighted by atomic mass is 9.76. The number of nitrogens with one attached hydrogen (secondary N) is 1. The molecule has 0 bridgehead atoms. The summed E-state index contributed by atoms with van der Waals surface area (Å²) in [5, 5.41) is 3.48. The molecule has 2 unspecified atom stereocenters. The lowest BCUT2D eigenvalue weighted by Gasteiger charge is -2.34. The van der Waals surface area contributed by atoms with E-state index in [1.807, 2.05) is 12.1 Å². The largest absolute Gasteiger partial charge is 0.316 e. The summed E-state index contributed by atoms with van der Waals surface area (Å²) in [6.45, 7) is 6.35. The lowest BCUT2D eigenvalue weighted by molar-refractivity contribution is 0.402. The summed E-state index contributed by atoms with van der Waals surface area (Å²) in [7, 11) is 0. The lowest BCUT2D eigenvalue weighted by Crippen LogP contribution is -2.34. The monoisotopic (exact) mass is 283 g/mol. The van der Waals surface area contributed by atoms with E-state index >= 15 is 0 Å². The van der Waals surface area contributed by atoms with Gasteiger partial charge in [-0.25, -0.2) is 4.39 Å². The molecule has 2 aromatic carbocycles. The Hall–Kier alpha value is -1.67. The van der Waals surface area contributed by atoms with Crippen LogP contribution in [0.25, 0.3) is 0 Å². The number of rotatable bonds is 2. The van der Waals surface area contributed by atoms with Crippen LogP contribution >= 0.6 is 0 Å². The predicted octanol–water partition coefficient (Wildman–Crippen LogP) is 4.30. The van der Waals surface area contributed by atoms with Gasteiger partial charge < -0.3 is 5.32 Å². The molecule has 1 saturated heterocycles. The quantitative estimate of drug-likeness (QED) is 0.866. The van der Waals surface area contributed by atoms with Gasteiger partial charge in [0, 0.05) is 12.5 Å². The molecule has 1 fully saturated rings. The smallest absolute Gasteiger partial charge is 0.123 e. The van der Waals surface area contributed by atoms with Crippen LogP contribution in [0.2, 0.25) is 0 Å². The first-order chi connectivity index (χ1) is 10.1. The number of halogens is 1. The van der Waals surface area contributed by atoms with Crippen molar-refractivity contribution in [3.63, 3.8) is 0 Å². The summed E-state index contributed by atoms with van der Waals surface area (Å²) >= 11 is 0. The number of benzene rings is 2. The standard InChI is InChI=1S/C19H22FN/c1-13-3-8-17(14(2)11-13)18-9-10-21-12-19(18)15-4-6-16(20)7-5-15/h3-8,11,18-19,21H,9-10,12H2,1-2H3. The van der Waals surface area contributed by atoms with Crippen molar-refractivity contribution in [3.8, 4) is 0 Å². The van der Waals surface area contributed by atoms with Crippen LogP contribution in [0, 0.1) is 19.7 Å². The van der Waals surface area contributed by atoms with E-state index in [1.54, 1.807) is 12.1 Å². The van der Waals surface area contributed by atoms with Crippen molar-refractivity contribution in [1.82, 2.24) is 5.32 Å². The Morgan fingerprint density at radius 3 is 2.48 bits per heavy atom. The average Bonchev–Trinajstić information content (AvgIpc) is 2.48. The van der Waals surface area contributed by atoms with E-state index in [9.17, 15) is 4.39 Å². The van der Waals surface area contributed by atoms with Crippen molar-refractivity contribution >= 4 is 0 Å². The van der Waals surface area contributed by atoms with Crippen molar-refractivity contribution in [1.29, 1.82) is 0 Å². The first kappa shape index (κ1) is 14.3. The summed E-state index contributed by atoms with van der Waals surface area (Å²) in [4.78, 5) is 0. The Labute approximate surface area is 126 Å². The maximum atomic E-state index is 13.2. The minimum atomic E-state index is -0.161. The maximum Gasteiger partial charge on any atom is 0.123 e. The highest BCUT2D eigenvalue weighted by atomic mass is 19.1. The summed E-state index contributed by atoms with van der Waals surface area (Å²) in [5.74, 6) is 0.767. The van der Waals surface area contributed by atoms with Crippen LogP contribution in [-0.4, -0.2) is 13.1 Å². The molecule has 21 heavy (non-hydrogen) atoms. The Kier molecular flexibility index (Phi) is 4.07. The summed E-state index contributed by atoms with van der Waals surface area (Å²) in [5.41, 5.74) is 5.35. The zero-order valence-corrected chi connectivity index (χ0v) is 12.7. The van der Waals surface area contributed by atoms with Crippen LogP contribution < -0.4 is 5.32 Å². The molecule has 3 rings (SSSR count). The zero-order valence-electron chi connectivity index (χ0n) is 12.7. The summed E-state index contributed by atoms with van der Waals surface area (Å²) < 4.78 is 13.2. The minimum Gasteiger partial charge on any atom is -0.316 e. The Morgan fingerprint density at radius 1 is 1.00 bits per heavy atom. The SMILES string of the molecule is Cc1ccc(C2CCNCC2c2ccc(F)cc2)c(C)c1. The van der Waals surface area contributed by atoms with Crippen molar-refractivity contribution in [3.05, 3.63) is 70.5 Å². The third kappa shape index (κ3) is 3.01.